The van der Waals surface area contributed by atoms with Gasteiger partial charge >= 0.3 is 0 Å². The summed E-state index contributed by atoms with van der Waals surface area (Å²) in [6, 6.07) is 7.16. The van der Waals surface area contributed by atoms with Gasteiger partial charge in [0.2, 0.25) is 5.95 Å². The zero-order chi connectivity index (χ0) is 14.8. The molecule has 1 heterocycles. The molecule has 0 spiro atoms. The monoisotopic (exact) mass is 274 g/mol. The first kappa shape index (κ1) is 14.4. The smallest absolute Gasteiger partial charge is 0.227 e. The predicted octanol–water partition coefficient (Wildman–Crippen LogP) is 3.19. The SMILES string of the molecule is Cc1cnc(Nc2cccc(C(C)(C)F)c2)nc1CN. The van der Waals surface area contributed by atoms with E-state index in [4.69, 9.17) is 5.73 Å². The molecule has 1 aromatic heterocycles. The molecule has 0 bridgehead atoms. The third kappa shape index (κ3) is 3.30. The lowest BCUT2D eigenvalue weighted by molar-refractivity contribution is 0.221. The fourth-order valence-electron chi connectivity index (χ4n) is 1.84. The van der Waals surface area contributed by atoms with E-state index in [1.54, 1.807) is 24.4 Å². The molecule has 5 heteroatoms. The maximum atomic E-state index is 13.9. The molecule has 2 aromatic rings. The van der Waals surface area contributed by atoms with E-state index in [0.717, 1.165) is 16.9 Å². The lowest BCUT2D eigenvalue weighted by Gasteiger charge is -2.16. The molecule has 0 aliphatic rings. The number of nitrogens with two attached hydrogens (primary N) is 1. The number of hydrogen-bond donors (Lipinski definition) is 2. The Kier molecular flexibility index (Phi) is 3.99. The third-order valence-corrected chi connectivity index (χ3v) is 3.08. The average molecular weight is 274 g/mol. The topological polar surface area (TPSA) is 63.8 Å². The van der Waals surface area contributed by atoms with Crippen LogP contribution in [0.25, 0.3) is 0 Å². The Morgan fingerprint density at radius 1 is 1.35 bits per heavy atom. The molecule has 0 aliphatic heterocycles. The van der Waals surface area contributed by atoms with Crippen molar-refractivity contribution in [3.05, 3.63) is 47.3 Å². The van der Waals surface area contributed by atoms with Gasteiger partial charge in [-0.1, -0.05) is 12.1 Å². The van der Waals surface area contributed by atoms with Crippen molar-refractivity contribution >= 4 is 11.6 Å². The van der Waals surface area contributed by atoms with Crippen LogP contribution in [0.3, 0.4) is 0 Å². The van der Waals surface area contributed by atoms with Crippen LogP contribution < -0.4 is 11.1 Å². The van der Waals surface area contributed by atoms with Gasteiger partial charge in [0.25, 0.3) is 0 Å². The van der Waals surface area contributed by atoms with E-state index in [-0.39, 0.29) is 0 Å². The van der Waals surface area contributed by atoms with Crippen LogP contribution in [-0.4, -0.2) is 9.97 Å². The van der Waals surface area contributed by atoms with Gasteiger partial charge in [0.15, 0.2) is 0 Å². The van der Waals surface area contributed by atoms with Gasteiger partial charge < -0.3 is 11.1 Å². The Labute approximate surface area is 118 Å². The molecule has 0 saturated carbocycles. The summed E-state index contributed by atoms with van der Waals surface area (Å²) in [4.78, 5) is 8.54. The van der Waals surface area contributed by atoms with Gasteiger partial charge in [-0.05, 0) is 44.0 Å². The zero-order valence-electron chi connectivity index (χ0n) is 11.9. The molecule has 0 atom stereocenters. The van der Waals surface area contributed by atoms with E-state index in [1.807, 2.05) is 13.0 Å². The highest BCUT2D eigenvalue weighted by Gasteiger charge is 2.18. The zero-order valence-corrected chi connectivity index (χ0v) is 11.9. The Hall–Kier alpha value is -2.01. The first-order valence-corrected chi connectivity index (χ1v) is 6.49. The highest BCUT2D eigenvalue weighted by Crippen LogP contribution is 2.27. The number of nitrogens with one attached hydrogen (secondary N) is 1. The van der Waals surface area contributed by atoms with Crippen LogP contribution in [0.4, 0.5) is 16.0 Å². The summed E-state index contributed by atoms with van der Waals surface area (Å²) in [5.74, 6) is 0.463. The Balaban J connectivity index is 2.26. The van der Waals surface area contributed by atoms with E-state index >= 15 is 0 Å². The fourth-order valence-corrected chi connectivity index (χ4v) is 1.84. The number of nitrogens with zero attached hydrogens (tertiary/aromatic N) is 2. The maximum Gasteiger partial charge on any atom is 0.227 e. The van der Waals surface area contributed by atoms with Gasteiger partial charge in [0, 0.05) is 18.4 Å². The molecule has 3 N–H and O–H groups in total. The first-order chi connectivity index (χ1) is 9.40. The minimum Gasteiger partial charge on any atom is -0.325 e. The average Bonchev–Trinajstić information content (AvgIpc) is 2.40. The normalized spacial score (nSPS) is 11.4. The van der Waals surface area contributed by atoms with Crippen LogP contribution in [0.1, 0.15) is 30.7 Å². The van der Waals surface area contributed by atoms with Crippen LogP contribution in [0.5, 0.6) is 0 Å². The van der Waals surface area contributed by atoms with Gasteiger partial charge in [-0.3, -0.25) is 0 Å². The van der Waals surface area contributed by atoms with Crippen molar-refractivity contribution in [2.75, 3.05) is 5.32 Å². The van der Waals surface area contributed by atoms with E-state index in [0.29, 0.717) is 18.1 Å². The van der Waals surface area contributed by atoms with Crippen LogP contribution in [0.15, 0.2) is 30.5 Å². The molecule has 2 rings (SSSR count). The summed E-state index contributed by atoms with van der Waals surface area (Å²) in [7, 11) is 0. The van der Waals surface area contributed by atoms with Crippen molar-refractivity contribution < 1.29 is 4.39 Å². The summed E-state index contributed by atoms with van der Waals surface area (Å²) in [6.07, 6.45) is 1.72. The molecular formula is C15H19FN4. The predicted molar refractivity (Wildman–Crippen MR) is 78.5 cm³/mol. The molecular weight excluding hydrogens is 255 g/mol. The largest absolute Gasteiger partial charge is 0.325 e. The number of hydrogen-bond acceptors (Lipinski definition) is 4. The molecule has 4 nitrogen and oxygen atoms in total. The van der Waals surface area contributed by atoms with Gasteiger partial charge in [0.1, 0.15) is 5.67 Å². The van der Waals surface area contributed by atoms with Crippen molar-refractivity contribution in [2.45, 2.75) is 33.0 Å². The summed E-state index contributed by atoms with van der Waals surface area (Å²) in [5.41, 5.74) is 7.35. The second kappa shape index (κ2) is 5.54. The number of benzene rings is 1. The van der Waals surface area contributed by atoms with Crippen molar-refractivity contribution in [3.8, 4) is 0 Å². The van der Waals surface area contributed by atoms with E-state index < -0.39 is 5.67 Å². The molecule has 0 aliphatic carbocycles. The maximum absolute atomic E-state index is 13.9. The highest BCUT2D eigenvalue weighted by molar-refractivity contribution is 5.55. The third-order valence-electron chi connectivity index (χ3n) is 3.08. The number of anilines is 2. The van der Waals surface area contributed by atoms with E-state index in [2.05, 4.69) is 15.3 Å². The van der Waals surface area contributed by atoms with Gasteiger partial charge in [-0.25, -0.2) is 14.4 Å². The summed E-state index contributed by atoms with van der Waals surface area (Å²) in [5, 5.41) is 3.07. The minimum absolute atomic E-state index is 0.362. The molecule has 20 heavy (non-hydrogen) atoms. The van der Waals surface area contributed by atoms with Gasteiger partial charge in [0.05, 0.1) is 5.69 Å². The van der Waals surface area contributed by atoms with Crippen molar-refractivity contribution in [2.24, 2.45) is 5.73 Å². The van der Waals surface area contributed by atoms with E-state index in [1.165, 1.54) is 13.8 Å². The molecule has 0 radical (unpaired) electrons. The highest BCUT2D eigenvalue weighted by atomic mass is 19.1. The Morgan fingerprint density at radius 2 is 2.10 bits per heavy atom. The Bertz CT molecular complexity index is 605. The van der Waals surface area contributed by atoms with E-state index in [9.17, 15) is 4.39 Å². The van der Waals surface area contributed by atoms with Crippen molar-refractivity contribution in [1.82, 2.24) is 9.97 Å². The second-order valence-corrected chi connectivity index (χ2v) is 5.21. The number of alkyl halides is 1. The number of rotatable bonds is 4. The molecule has 0 saturated heterocycles. The number of halogens is 1. The first-order valence-electron chi connectivity index (χ1n) is 6.49. The molecule has 0 unspecified atom stereocenters. The number of aromatic nitrogens is 2. The lowest BCUT2D eigenvalue weighted by Crippen LogP contribution is -2.10. The van der Waals surface area contributed by atoms with Crippen LogP contribution in [0, 0.1) is 6.92 Å². The number of aryl methyl sites for hydroxylation is 1. The standard InChI is InChI=1S/C15H19FN4/c1-10-9-18-14(20-13(10)8-17)19-12-6-4-5-11(7-12)15(2,3)16/h4-7,9H,8,17H2,1-3H3,(H,18,19,20). The molecule has 1 aromatic carbocycles. The summed E-state index contributed by atoms with van der Waals surface area (Å²) < 4.78 is 13.9. The molecule has 106 valence electrons. The fraction of sp³-hybridized carbons (Fsp3) is 0.333. The van der Waals surface area contributed by atoms with Crippen LogP contribution >= 0.6 is 0 Å². The lowest BCUT2D eigenvalue weighted by atomic mass is 10.00. The van der Waals surface area contributed by atoms with Crippen LogP contribution in [-0.2, 0) is 12.2 Å². The molecule has 0 fully saturated rings. The quantitative estimate of drug-likeness (QED) is 0.898. The second-order valence-electron chi connectivity index (χ2n) is 5.21. The van der Waals surface area contributed by atoms with Gasteiger partial charge in [-0.15, -0.1) is 0 Å². The van der Waals surface area contributed by atoms with Crippen molar-refractivity contribution in [3.63, 3.8) is 0 Å². The van der Waals surface area contributed by atoms with Crippen LogP contribution in [0.2, 0.25) is 0 Å². The molecule has 0 amide bonds. The minimum atomic E-state index is -1.38. The summed E-state index contributed by atoms with van der Waals surface area (Å²) >= 11 is 0. The Morgan fingerprint density at radius 3 is 2.75 bits per heavy atom. The summed E-state index contributed by atoms with van der Waals surface area (Å²) in [6.45, 7) is 5.33. The van der Waals surface area contributed by atoms with Gasteiger partial charge in [-0.2, -0.15) is 0 Å². The van der Waals surface area contributed by atoms with Crippen molar-refractivity contribution in [1.29, 1.82) is 0 Å².